The fourth-order valence-electron chi connectivity index (χ4n) is 0.250. The third-order valence-electron chi connectivity index (χ3n) is 0.723. The van der Waals surface area contributed by atoms with E-state index in [0.29, 0.717) is 0 Å². The number of alkyl halides is 3. The van der Waals surface area contributed by atoms with Crippen molar-refractivity contribution >= 4 is 9.84 Å². The molecule has 0 aliphatic carbocycles. The third kappa shape index (κ3) is 2.14. The van der Waals surface area contributed by atoms with Crippen LogP contribution in [0.4, 0.5) is 13.2 Å². The average Bonchev–Trinajstić information content (AvgIpc) is 1.61. The molecular formula is C3H5F3NO2S. The molecule has 0 aromatic heterocycles. The van der Waals surface area contributed by atoms with E-state index in [4.69, 9.17) is 5.73 Å². The van der Waals surface area contributed by atoms with Crippen LogP contribution >= 0.6 is 0 Å². The Labute approximate surface area is 55.9 Å². The number of hydrogen-bond donors (Lipinski definition) is 0. The molecule has 61 valence electrons. The fraction of sp³-hybridized carbons (Fsp3) is 1.00. The molecule has 1 N–H and O–H groups in total. The van der Waals surface area contributed by atoms with Crippen LogP contribution in [0.3, 0.4) is 0 Å². The first-order valence-corrected chi connectivity index (χ1v) is 3.90. The van der Waals surface area contributed by atoms with Gasteiger partial charge >= 0.3 is 5.51 Å². The zero-order valence-electron chi connectivity index (χ0n) is 4.77. The monoisotopic (exact) mass is 176 g/mol. The van der Waals surface area contributed by atoms with Gasteiger partial charge in [-0.1, -0.05) is 0 Å². The van der Waals surface area contributed by atoms with Gasteiger partial charge in [0, 0.05) is 6.54 Å². The van der Waals surface area contributed by atoms with Gasteiger partial charge in [-0.05, 0) is 0 Å². The summed E-state index contributed by atoms with van der Waals surface area (Å²) in [5.74, 6) is -1.16. The quantitative estimate of drug-likeness (QED) is 0.603. The molecule has 0 aromatic rings. The normalized spacial score (nSPS) is 13.6. The lowest BCUT2D eigenvalue weighted by Gasteiger charge is -2.04. The first-order chi connectivity index (χ1) is 4.31. The fourth-order valence-corrected chi connectivity index (χ4v) is 0.750. The Balaban J connectivity index is 4.44. The molecule has 3 nitrogen and oxygen atoms in total. The van der Waals surface area contributed by atoms with Gasteiger partial charge in [0.05, 0.1) is 5.75 Å². The molecule has 0 aromatic carbocycles. The Morgan fingerprint density at radius 2 is 1.70 bits per heavy atom. The van der Waals surface area contributed by atoms with Crippen LogP contribution in [0.2, 0.25) is 0 Å². The lowest BCUT2D eigenvalue weighted by atomic mass is 10.8. The van der Waals surface area contributed by atoms with Crippen LogP contribution in [-0.4, -0.2) is 26.2 Å². The topological polar surface area (TPSA) is 57.9 Å². The van der Waals surface area contributed by atoms with E-state index in [1.807, 2.05) is 0 Å². The van der Waals surface area contributed by atoms with Crippen LogP contribution in [0.1, 0.15) is 0 Å². The molecule has 0 saturated carbocycles. The molecule has 0 unspecified atom stereocenters. The molecule has 0 aliphatic rings. The van der Waals surface area contributed by atoms with E-state index in [2.05, 4.69) is 0 Å². The Morgan fingerprint density at radius 1 is 1.30 bits per heavy atom. The molecule has 0 fully saturated rings. The van der Waals surface area contributed by atoms with Gasteiger partial charge in [0.1, 0.15) is 0 Å². The minimum atomic E-state index is -5.20. The lowest BCUT2D eigenvalue weighted by Crippen LogP contribution is -2.27. The van der Waals surface area contributed by atoms with Gasteiger partial charge in [-0.3, -0.25) is 5.73 Å². The van der Waals surface area contributed by atoms with E-state index in [9.17, 15) is 21.6 Å². The molecular weight excluding hydrogens is 171 g/mol. The minimum Gasteiger partial charge on any atom is -0.257 e. The summed E-state index contributed by atoms with van der Waals surface area (Å²) in [5.41, 5.74) is 1.06. The summed E-state index contributed by atoms with van der Waals surface area (Å²) in [6.45, 7) is -0.762. The highest BCUT2D eigenvalue weighted by Gasteiger charge is 2.44. The van der Waals surface area contributed by atoms with Crippen molar-refractivity contribution in [3.8, 4) is 0 Å². The van der Waals surface area contributed by atoms with Crippen LogP contribution in [0.15, 0.2) is 0 Å². The summed E-state index contributed by atoms with van der Waals surface area (Å²) >= 11 is 0. The summed E-state index contributed by atoms with van der Waals surface area (Å²) < 4.78 is 54.1. The van der Waals surface area contributed by atoms with Gasteiger partial charge < -0.3 is 0 Å². The Kier molecular flexibility index (Phi) is 2.67. The Bertz CT molecular complexity index is 194. The van der Waals surface area contributed by atoms with Crippen molar-refractivity contribution in [2.75, 3.05) is 12.3 Å². The SMILES string of the molecule is [NH]CCS(=O)(=O)C(F)(F)F. The van der Waals surface area contributed by atoms with Gasteiger partial charge in [-0.25, -0.2) is 8.42 Å². The number of nitrogens with one attached hydrogen (secondary N) is 1. The average molecular weight is 176 g/mol. The first kappa shape index (κ1) is 9.70. The van der Waals surface area contributed by atoms with E-state index in [0.717, 1.165) is 0 Å². The number of halogens is 3. The molecule has 0 atom stereocenters. The van der Waals surface area contributed by atoms with Crippen molar-refractivity contribution in [2.24, 2.45) is 0 Å². The van der Waals surface area contributed by atoms with Gasteiger partial charge in [0.25, 0.3) is 0 Å². The maximum absolute atomic E-state index is 11.3. The number of hydrogen-bond acceptors (Lipinski definition) is 2. The highest BCUT2D eigenvalue weighted by molar-refractivity contribution is 7.92. The smallest absolute Gasteiger partial charge is 0.257 e. The van der Waals surface area contributed by atoms with Crippen LogP contribution in [-0.2, 0) is 9.84 Å². The lowest BCUT2D eigenvalue weighted by molar-refractivity contribution is -0.0434. The van der Waals surface area contributed by atoms with E-state index in [-0.39, 0.29) is 0 Å². The molecule has 0 saturated heterocycles. The van der Waals surface area contributed by atoms with Crippen molar-refractivity contribution in [1.29, 1.82) is 0 Å². The maximum Gasteiger partial charge on any atom is 0.497 e. The standard InChI is InChI=1S/C3H5F3NO2S/c4-3(5,6)10(8,9)2-1-7/h7H,1-2H2. The minimum absolute atomic E-state index is 0.762. The zero-order chi connectivity index (χ0) is 8.41. The first-order valence-electron chi connectivity index (χ1n) is 2.25. The molecule has 0 heterocycles. The largest absolute Gasteiger partial charge is 0.497 e. The van der Waals surface area contributed by atoms with E-state index in [1.54, 1.807) is 0 Å². The molecule has 10 heavy (non-hydrogen) atoms. The summed E-state index contributed by atoms with van der Waals surface area (Å²) in [4.78, 5) is 0. The van der Waals surface area contributed by atoms with Crippen LogP contribution < -0.4 is 5.73 Å². The number of sulfone groups is 1. The van der Waals surface area contributed by atoms with E-state index < -0.39 is 27.6 Å². The van der Waals surface area contributed by atoms with Gasteiger partial charge in [-0.2, -0.15) is 13.2 Å². The molecule has 0 bridgehead atoms. The Hall–Kier alpha value is -0.300. The summed E-state index contributed by atoms with van der Waals surface area (Å²) in [6, 6.07) is 0. The number of rotatable bonds is 2. The summed E-state index contributed by atoms with van der Waals surface area (Å²) in [7, 11) is -5.04. The molecule has 0 amide bonds. The van der Waals surface area contributed by atoms with Gasteiger partial charge in [0.2, 0.25) is 9.84 Å². The predicted molar refractivity (Wildman–Crippen MR) is 27.8 cm³/mol. The molecule has 1 radical (unpaired) electrons. The highest BCUT2D eigenvalue weighted by Crippen LogP contribution is 2.22. The second-order valence-electron chi connectivity index (χ2n) is 1.51. The maximum atomic E-state index is 11.3. The van der Waals surface area contributed by atoms with Gasteiger partial charge in [-0.15, -0.1) is 0 Å². The highest BCUT2D eigenvalue weighted by atomic mass is 32.2. The van der Waals surface area contributed by atoms with Crippen molar-refractivity contribution in [3.63, 3.8) is 0 Å². The van der Waals surface area contributed by atoms with Crippen LogP contribution in [0.25, 0.3) is 0 Å². The Morgan fingerprint density at radius 3 is 1.80 bits per heavy atom. The predicted octanol–water partition coefficient (Wildman–Crippen LogP) is 0.204. The van der Waals surface area contributed by atoms with Crippen molar-refractivity contribution in [1.82, 2.24) is 5.73 Å². The molecule has 7 heteroatoms. The second kappa shape index (κ2) is 2.75. The van der Waals surface area contributed by atoms with Gasteiger partial charge in [0.15, 0.2) is 0 Å². The van der Waals surface area contributed by atoms with Crippen molar-refractivity contribution in [3.05, 3.63) is 0 Å². The van der Waals surface area contributed by atoms with Crippen LogP contribution in [0, 0.1) is 0 Å². The van der Waals surface area contributed by atoms with Crippen LogP contribution in [0.5, 0.6) is 0 Å². The third-order valence-corrected chi connectivity index (χ3v) is 2.17. The molecule has 0 rings (SSSR count). The summed E-state index contributed by atoms with van der Waals surface area (Å²) in [6.07, 6.45) is 0. The zero-order valence-corrected chi connectivity index (χ0v) is 5.59. The molecule has 0 spiro atoms. The molecule has 0 aliphatic heterocycles. The second-order valence-corrected chi connectivity index (χ2v) is 3.62. The van der Waals surface area contributed by atoms with E-state index in [1.165, 1.54) is 0 Å². The van der Waals surface area contributed by atoms with E-state index >= 15 is 0 Å². The van der Waals surface area contributed by atoms with Crippen molar-refractivity contribution < 1.29 is 21.6 Å². The van der Waals surface area contributed by atoms with Crippen molar-refractivity contribution in [2.45, 2.75) is 5.51 Å². The summed E-state index contributed by atoms with van der Waals surface area (Å²) in [5, 5.41) is 0.